The summed E-state index contributed by atoms with van der Waals surface area (Å²) in [4.78, 5) is 4.65. The van der Waals surface area contributed by atoms with Crippen LogP contribution in [0.15, 0.2) is 60.8 Å². The Kier molecular flexibility index (Phi) is 4.94. The second-order valence-corrected chi connectivity index (χ2v) is 10.8. The number of aryl methyl sites for hydroxylation is 5. The van der Waals surface area contributed by atoms with Crippen molar-refractivity contribution in [3.8, 4) is 11.4 Å². The summed E-state index contributed by atoms with van der Waals surface area (Å²) in [5, 5.41) is 25.4. The van der Waals surface area contributed by atoms with Gasteiger partial charge in [0, 0.05) is 48.0 Å². The van der Waals surface area contributed by atoms with Crippen LogP contribution in [0.4, 0.5) is 17.3 Å². The van der Waals surface area contributed by atoms with Gasteiger partial charge in [0.2, 0.25) is 0 Å². The van der Waals surface area contributed by atoms with E-state index in [4.69, 9.17) is 10.2 Å². The molecule has 0 spiro atoms. The van der Waals surface area contributed by atoms with Gasteiger partial charge in [-0.05, 0) is 52.0 Å². The first-order valence-electron chi connectivity index (χ1n) is 13.8. The molecule has 8 rings (SSSR count). The third-order valence-electron chi connectivity index (χ3n) is 7.98. The Morgan fingerprint density at radius 1 is 0.810 bits per heavy atom. The van der Waals surface area contributed by atoms with Crippen LogP contribution in [0.5, 0.6) is 0 Å². The minimum Gasteiger partial charge on any atom is -0.348 e. The summed E-state index contributed by atoms with van der Waals surface area (Å²) in [6.45, 7) is 8.04. The minimum absolute atomic E-state index is 0.556. The molecule has 0 amide bonds. The van der Waals surface area contributed by atoms with Crippen LogP contribution in [0.1, 0.15) is 24.0 Å². The summed E-state index contributed by atoms with van der Waals surface area (Å²) in [6.07, 6.45) is 5.73. The van der Waals surface area contributed by atoms with Gasteiger partial charge in [0.1, 0.15) is 6.20 Å². The predicted molar refractivity (Wildman–Crippen MR) is 163 cm³/mol. The highest BCUT2D eigenvalue weighted by Crippen LogP contribution is 2.46. The third kappa shape index (κ3) is 3.24. The Bertz CT molecular complexity index is 2240. The molecule has 0 fully saturated rings. The number of fused-ring (bicyclic) bond motifs is 4. The maximum absolute atomic E-state index is 5.02. The maximum Gasteiger partial charge on any atom is 0.255 e. The monoisotopic (exact) mass is 554 g/mol. The molecule has 11 heteroatoms. The third-order valence-corrected chi connectivity index (χ3v) is 7.98. The average Bonchev–Trinajstić information content (AvgIpc) is 3.72. The number of rotatable bonds is 3. The zero-order valence-electron chi connectivity index (χ0n) is 24.2. The van der Waals surface area contributed by atoms with E-state index < -0.39 is 0 Å². The fourth-order valence-corrected chi connectivity index (χ4v) is 6.15. The number of aromatic nitrogens is 9. The summed E-state index contributed by atoms with van der Waals surface area (Å²) >= 11 is 0. The fraction of sp³-hybridized carbons (Fsp3) is 0.194. The Balaban J connectivity index is 1.48. The highest BCUT2D eigenvalue weighted by molar-refractivity contribution is 6.01. The molecule has 1 radical (unpaired) electrons. The van der Waals surface area contributed by atoms with E-state index in [1.54, 1.807) is 0 Å². The molecule has 0 atom stereocenters. The molecule has 207 valence electrons. The minimum atomic E-state index is 0.556. The number of hydrogen-bond acceptors (Lipinski definition) is 7. The number of allylic oxidation sites excluding steroid dienone is 1. The lowest BCUT2D eigenvalue weighted by atomic mass is 10.1. The smallest absolute Gasteiger partial charge is 0.255 e. The quantitative estimate of drug-likeness (QED) is 0.285. The standard InChI is InChI=1S/C31H28N11/c1-18-15-19(2)40-29(33-34-31(40)32-18)27-21(4)35-41-20(3)16-39(28-23-12-8-10-14-25(23)38(6)36-28)42(30(27)41)26-17-37(5)24-13-9-7-11-22(24)26/h7-15,17H,1-6H3. The van der Waals surface area contributed by atoms with Crippen molar-refractivity contribution in [1.82, 2.24) is 43.7 Å². The molecule has 11 nitrogen and oxygen atoms in total. The van der Waals surface area contributed by atoms with Gasteiger partial charge < -0.3 is 4.57 Å². The summed E-state index contributed by atoms with van der Waals surface area (Å²) < 4.78 is 7.98. The zero-order valence-corrected chi connectivity index (χ0v) is 24.2. The van der Waals surface area contributed by atoms with E-state index in [0.717, 1.165) is 67.5 Å². The Morgan fingerprint density at radius 3 is 2.36 bits per heavy atom. The van der Waals surface area contributed by atoms with Crippen molar-refractivity contribution in [1.29, 1.82) is 0 Å². The van der Waals surface area contributed by atoms with E-state index in [0.29, 0.717) is 11.6 Å². The zero-order chi connectivity index (χ0) is 28.9. The van der Waals surface area contributed by atoms with Gasteiger partial charge in [0.25, 0.3) is 5.78 Å². The van der Waals surface area contributed by atoms with Crippen LogP contribution < -0.4 is 10.0 Å². The van der Waals surface area contributed by atoms with Crippen molar-refractivity contribution in [2.75, 3.05) is 10.0 Å². The number of hydrogen-bond donors (Lipinski definition) is 0. The molecule has 42 heavy (non-hydrogen) atoms. The second-order valence-electron chi connectivity index (χ2n) is 10.8. The van der Waals surface area contributed by atoms with Crippen LogP contribution in [0.3, 0.4) is 0 Å². The van der Waals surface area contributed by atoms with Crippen molar-refractivity contribution in [3.63, 3.8) is 0 Å². The normalized spacial score (nSPS) is 13.5. The van der Waals surface area contributed by atoms with Crippen molar-refractivity contribution >= 4 is 50.6 Å². The van der Waals surface area contributed by atoms with Gasteiger partial charge in [0.15, 0.2) is 17.5 Å². The SMILES string of the molecule is CC1=[C]N(c2nn(C)c3ccccc23)N(c2cn(C)c3ccccc23)c2c(-c3nnc4nc(C)cc(C)n34)c(C)nn21. The Labute approximate surface area is 241 Å². The molecule has 0 saturated heterocycles. The first kappa shape index (κ1) is 24.4. The molecule has 0 unspecified atom stereocenters. The van der Waals surface area contributed by atoms with Crippen LogP contribution in [0, 0.1) is 27.0 Å². The highest BCUT2D eigenvalue weighted by Gasteiger charge is 2.37. The van der Waals surface area contributed by atoms with E-state index >= 15 is 0 Å². The van der Waals surface area contributed by atoms with Crippen molar-refractivity contribution in [2.45, 2.75) is 27.7 Å². The molecule has 2 aromatic carbocycles. The van der Waals surface area contributed by atoms with Gasteiger partial charge in [-0.2, -0.15) is 10.2 Å². The number of para-hydroxylation sites is 2. The second kappa shape index (κ2) is 8.53. The van der Waals surface area contributed by atoms with E-state index in [1.165, 1.54) is 0 Å². The molecular formula is C31H28N11. The molecule has 7 aromatic rings. The molecule has 1 aliphatic heterocycles. The van der Waals surface area contributed by atoms with Crippen LogP contribution in [-0.4, -0.2) is 43.7 Å². The van der Waals surface area contributed by atoms with Crippen molar-refractivity contribution in [2.24, 2.45) is 14.1 Å². The van der Waals surface area contributed by atoms with E-state index in [9.17, 15) is 0 Å². The van der Waals surface area contributed by atoms with Crippen LogP contribution >= 0.6 is 0 Å². The van der Waals surface area contributed by atoms with E-state index in [-0.39, 0.29) is 0 Å². The molecule has 0 saturated carbocycles. The van der Waals surface area contributed by atoms with E-state index in [2.05, 4.69) is 80.6 Å². The number of hydrazine groups is 1. The maximum atomic E-state index is 5.02. The lowest BCUT2D eigenvalue weighted by molar-refractivity contribution is 0.755. The molecule has 1 aliphatic rings. The molecular weight excluding hydrogens is 526 g/mol. The molecule has 5 aromatic heterocycles. The van der Waals surface area contributed by atoms with Gasteiger partial charge >= 0.3 is 0 Å². The molecule has 6 heterocycles. The fourth-order valence-electron chi connectivity index (χ4n) is 6.15. The summed E-state index contributed by atoms with van der Waals surface area (Å²) in [5.41, 5.74) is 7.49. The molecule has 0 N–H and O–H groups in total. The van der Waals surface area contributed by atoms with Crippen LogP contribution in [0.25, 0.3) is 44.7 Å². The van der Waals surface area contributed by atoms with Crippen molar-refractivity contribution in [3.05, 3.63) is 84.1 Å². The lowest BCUT2D eigenvalue weighted by Gasteiger charge is -2.37. The highest BCUT2D eigenvalue weighted by atomic mass is 15.7. The summed E-state index contributed by atoms with van der Waals surface area (Å²) in [7, 11) is 4.03. The average molecular weight is 555 g/mol. The number of benzene rings is 2. The molecule has 0 bridgehead atoms. The van der Waals surface area contributed by atoms with Crippen molar-refractivity contribution < 1.29 is 0 Å². The number of anilines is 3. The first-order chi connectivity index (χ1) is 20.3. The van der Waals surface area contributed by atoms with Crippen LogP contribution in [0.2, 0.25) is 0 Å². The summed E-state index contributed by atoms with van der Waals surface area (Å²) in [5.74, 6) is 2.82. The van der Waals surface area contributed by atoms with Gasteiger partial charge in [-0.15, -0.1) is 10.2 Å². The summed E-state index contributed by atoms with van der Waals surface area (Å²) in [6, 6.07) is 18.7. The largest absolute Gasteiger partial charge is 0.348 e. The first-order valence-corrected chi connectivity index (χ1v) is 13.8. The molecule has 0 aliphatic carbocycles. The van der Waals surface area contributed by atoms with E-state index in [1.807, 2.05) is 71.7 Å². The van der Waals surface area contributed by atoms with Crippen LogP contribution in [-0.2, 0) is 14.1 Å². The van der Waals surface area contributed by atoms with Gasteiger partial charge in [-0.25, -0.2) is 19.7 Å². The number of nitrogens with zero attached hydrogens (tertiary/aromatic N) is 11. The van der Waals surface area contributed by atoms with Gasteiger partial charge in [-0.3, -0.25) is 9.08 Å². The predicted octanol–water partition coefficient (Wildman–Crippen LogP) is 5.49. The Morgan fingerprint density at radius 2 is 1.55 bits per heavy atom. The van der Waals surface area contributed by atoms with Gasteiger partial charge in [-0.1, -0.05) is 30.3 Å². The van der Waals surface area contributed by atoms with Gasteiger partial charge in [0.05, 0.1) is 28.2 Å². The Hall–Kier alpha value is -5.45. The lowest BCUT2D eigenvalue weighted by Crippen LogP contribution is -2.41. The topological polar surface area (TPSA) is 90.1 Å².